The number of fused-ring (bicyclic) bond motifs is 1. The number of benzene rings is 1. The van der Waals surface area contributed by atoms with Crippen LogP contribution in [0.5, 0.6) is 0 Å². The predicted octanol–water partition coefficient (Wildman–Crippen LogP) is 4.40. The third kappa shape index (κ3) is 3.47. The van der Waals surface area contributed by atoms with Crippen molar-refractivity contribution >= 4 is 45.3 Å². The molecule has 0 aliphatic carbocycles. The standard InChI is InChI=1S/C18H15N3O2S2/c22-16-5-1-3-11-9-12(6-7-13(11)19-16)17(23)21-18-20-14(10-25-18)15-4-2-8-24-15/h2,4,6-10H,1,3,5H2,(H,19,22)(H,20,21,23). The largest absolute Gasteiger partial charge is 0.326 e. The molecule has 0 bridgehead atoms. The summed E-state index contributed by atoms with van der Waals surface area (Å²) in [5.74, 6) is -0.162. The molecule has 0 saturated heterocycles. The van der Waals surface area contributed by atoms with Crippen LogP contribution in [0.4, 0.5) is 10.8 Å². The Hall–Kier alpha value is -2.51. The normalized spacial score (nSPS) is 13.7. The molecular weight excluding hydrogens is 354 g/mol. The Kier molecular flexibility index (Phi) is 4.33. The fraction of sp³-hybridized carbons (Fsp3) is 0.167. The maximum atomic E-state index is 12.5. The summed E-state index contributed by atoms with van der Waals surface area (Å²) in [6.07, 6.45) is 2.09. The second-order valence-electron chi connectivity index (χ2n) is 5.74. The molecule has 0 unspecified atom stereocenters. The Morgan fingerprint density at radius 2 is 2.12 bits per heavy atom. The van der Waals surface area contributed by atoms with Crippen molar-refractivity contribution in [3.05, 3.63) is 52.2 Å². The Morgan fingerprint density at radius 1 is 1.20 bits per heavy atom. The minimum absolute atomic E-state index is 0.0276. The van der Waals surface area contributed by atoms with E-state index in [0.29, 0.717) is 17.1 Å². The minimum Gasteiger partial charge on any atom is -0.326 e. The number of hydrogen-bond acceptors (Lipinski definition) is 5. The first kappa shape index (κ1) is 16.0. The maximum Gasteiger partial charge on any atom is 0.257 e. The van der Waals surface area contributed by atoms with E-state index in [1.807, 2.05) is 29.0 Å². The summed E-state index contributed by atoms with van der Waals surface area (Å²) in [4.78, 5) is 29.7. The van der Waals surface area contributed by atoms with Crippen molar-refractivity contribution in [2.75, 3.05) is 10.6 Å². The lowest BCUT2D eigenvalue weighted by atomic mass is 10.0. The number of carbonyl (C=O) groups excluding carboxylic acids is 2. The zero-order valence-corrected chi connectivity index (χ0v) is 14.9. The predicted molar refractivity (Wildman–Crippen MR) is 101 cm³/mol. The van der Waals surface area contributed by atoms with Gasteiger partial charge in [0.2, 0.25) is 5.91 Å². The quantitative estimate of drug-likeness (QED) is 0.719. The van der Waals surface area contributed by atoms with E-state index in [1.54, 1.807) is 23.5 Å². The van der Waals surface area contributed by atoms with Crippen LogP contribution in [-0.2, 0) is 11.2 Å². The van der Waals surface area contributed by atoms with Crippen LogP contribution in [0.1, 0.15) is 28.8 Å². The van der Waals surface area contributed by atoms with Crippen LogP contribution in [0.15, 0.2) is 41.1 Å². The minimum atomic E-state index is -0.189. The Labute approximate surface area is 152 Å². The number of thiazole rings is 1. The summed E-state index contributed by atoms with van der Waals surface area (Å²) < 4.78 is 0. The van der Waals surface area contributed by atoms with Gasteiger partial charge < -0.3 is 5.32 Å². The molecule has 0 spiro atoms. The van der Waals surface area contributed by atoms with Crippen molar-refractivity contribution in [1.29, 1.82) is 0 Å². The monoisotopic (exact) mass is 369 g/mol. The number of aromatic nitrogens is 1. The van der Waals surface area contributed by atoms with Crippen molar-refractivity contribution in [2.45, 2.75) is 19.3 Å². The van der Waals surface area contributed by atoms with Crippen LogP contribution in [0.25, 0.3) is 10.6 Å². The third-order valence-corrected chi connectivity index (χ3v) is 5.64. The number of hydrogen-bond donors (Lipinski definition) is 2. The number of thiophene rings is 1. The molecule has 5 nitrogen and oxygen atoms in total. The Morgan fingerprint density at radius 3 is 2.96 bits per heavy atom. The number of amides is 2. The molecule has 0 radical (unpaired) electrons. The molecule has 0 saturated carbocycles. The van der Waals surface area contributed by atoms with Crippen LogP contribution in [-0.4, -0.2) is 16.8 Å². The van der Waals surface area contributed by atoms with Gasteiger partial charge in [-0.05, 0) is 48.1 Å². The molecule has 2 aromatic heterocycles. The zero-order valence-electron chi connectivity index (χ0n) is 13.2. The molecule has 126 valence electrons. The average molecular weight is 369 g/mol. The fourth-order valence-electron chi connectivity index (χ4n) is 2.75. The number of aryl methyl sites for hydroxylation is 1. The first-order valence-corrected chi connectivity index (χ1v) is 9.68. The zero-order chi connectivity index (χ0) is 17.2. The van der Waals surface area contributed by atoms with Crippen LogP contribution in [0.2, 0.25) is 0 Å². The fourth-order valence-corrected chi connectivity index (χ4v) is 4.22. The van der Waals surface area contributed by atoms with Gasteiger partial charge in [-0.3, -0.25) is 14.9 Å². The summed E-state index contributed by atoms with van der Waals surface area (Å²) in [6, 6.07) is 9.36. The van der Waals surface area contributed by atoms with Gasteiger partial charge in [0.1, 0.15) is 0 Å². The number of carbonyl (C=O) groups is 2. The number of nitrogens with one attached hydrogen (secondary N) is 2. The lowest BCUT2D eigenvalue weighted by Gasteiger charge is -2.09. The van der Waals surface area contributed by atoms with E-state index in [4.69, 9.17) is 0 Å². The smallest absolute Gasteiger partial charge is 0.257 e. The molecule has 7 heteroatoms. The highest BCUT2D eigenvalue weighted by Crippen LogP contribution is 2.29. The Bertz CT molecular complexity index is 932. The first-order valence-electron chi connectivity index (χ1n) is 7.92. The highest BCUT2D eigenvalue weighted by molar-refractivity contribution is 7.16. The van der Waals surface area contributed by atoms with Gasteiger partial charge in [-0.1, -0.05) is 6.07 Å². The topological polar surface area (TPSA) is 71.1 Å². The van der Waals surface area contributed by atoms with Crippen molar-refractivity contribution in [3.8, 4) is 10.6 Å². The maximum absolute atomic E-state index is 12.5. The molecule has 3 aromatic rings. The van der Waals surface area contributed by atoms with Crippen LogP contribution in [0.3, 0.4) is 0 Å². The van der Waals surface area contributed by atoms with E-state index in [0.717, 1.165) is 34.7 Å². The van der Waals surface area contributed by atoms with Crippen LogP contribution < -0.4 is 10.6 Å². The third-order valence-electron chi connectivity index (χ3n) is 3.99. The van der Waals surface area contributed by atoms with Crippen molar-refractivity contribution in [1.82, 2.24) is 4.98 Å². The Balaban J connectivity index is 1.52. The molecule has 0 atom stereocenters. The lowest BCUT2D eigenvalue weighted by molar-refractivity contribution is -0.116. The summed E-state index contributed by atoms with van der Waals surface area (Å²) in [5, 5.41) is 10.3. The van der Waals surface area contributed by atoms with Gasteiger partial charge in [0.25, 0.3) is 5.91 Å². The van der Waals surface area contributed by atoms with E-state index >= 15 is 0 Å². The molecular formula is C18H15N3O2S2. The van der Waals surface area contributed by atoms with Crippen LogP contribution in [0, 0.1) is 0 Å². The highest BCUT2D eigenvalue weighted by Gasteiger charge is 2.16. The summed E-state index contributed by atoms with van der Waals surface area (Å²) >= 11 is 3.03. The molecule has 0 fully saturated rings. The lowest BCUT2D eigenvalue weighted by Crippen LogP contribution is -2.13. The van der Waals surface area contributed by atoms with E-state index in [-0.39, 0.29) is 11.8 Å². The highest BCUT2D eigenvalue weighted by atomic mass is 32.1. The van der Waals surface area contributed by atoms with Gasteiger partial charge in [0.15, 0.2) is 5.13 Å². The van der Waals surface area contributed by atoms with Gasteiger partial charge in [-0.15, -0.1) is 22.7 Å². The second kappa shape index (κ2) is 6.78. The van der Waals surface area contributed by atoms with Gasteiger partial charge >= 0.3 is 0 Å². The summed E-state index contributed by atoms with van der Waals surface area (Å²) in [7, 11) is 0. The van der Waals surface area contributed by atoms with Crippen molar-refractivity contribution in [2.24, 2.45) is 0 Å². The molecule has 1 aromatic carbocycles. The summed E-state index contributed by atoms with van der Waals surface area (Å²) in [6.45, 7) is 0. The van der Waals surface area contributed by atoms with E-state index in [9.17, 15) is 9.59 Å². The molecule has 4 rings (SSSR count). The van der Waals surface area contributed by atoms with Gasteiger partial charge in [0, 0.05) is 23.1 Å². The van der Waals surface area contributed by atoms with E-state index in [1.165, 1.54) is 11.3 Å². The van der Waals surface area contributed by atoms with E-state index in [2.05, 4.69) is 15.6 Å². The molecule has 2 amide bonds. The SMILES string of the molecule is O=C1CCCc2cc(C(=O)Nc3nc(-c4cccs4)cs3)ccc2N1. The molecule has 25 heavy (non-hydrogen) atoms. The first-order chi connectivity index (χ1) is 12.2. The van der Waals surface area contributed by atoms with Gasteiger partial charge in [-0.2, -0.15) is 0 Å². The molecule has 2 N–H and O–H groups in total. The number of rotatable bonds is 3. The molecule has 1 aliphatic rings. The summed E-state index contributed by atoms with van der Waals surface area (Å²) in [5.41, 5.74) is 3.24. The number of nitrogens with zero attached hydrogens (tertiary/aromatic N) is 1. The molecule has 1 aliphatic heterocycles. The number of anilines is 2. The van der Waals surface area contributed by atoms with Gasteiger partial charge in [0.05, 0.1) is 10.6 Å². The second-order valence-corrected chi connectivity index (χ2v) is 7.55. The van der Waals surface area contributed by atoms with E-state index < -0.39 is 0 Å². The van der Waals surface area contributed by atoms with Crippen LogP contribution >= 0.6 is 22.7 Å². The van der Waals surface area contributed by atoms with Crippen molar-refractivity contribution in [3.63, 3.8) is 0 Å². The average Bonchev–Trinajstić information content (AvgIpc) is 3.24. The molecule has 3 heterocycles. The van der Waals surface area contributed by atoms with Gasteiger partial charge in [-0.25, -0.2) is 4.98 Å². The van der Waals surface area contributed by atoms with Crippen molar-refractivity contribution < 1.29 is 9.59 Å².